The average Bonchev–Trinajstić information content (AvgIpc) is 2.47. The second-order valence-corrected chi connectivity index (χ2v) is 4.34. The van der Waals surface area contributed by atoms with Gasteiger partial charge in [0, 0.05) is 17.1 Å². The van der Waals surface area contributed by atoms with Crippen molar-refractivity contribution in [2.24, 2.45) is 0 Å². The van der Waals surface area contributed by atoms with Crippen molar-refractivity contribution < 1.29 is 10.0 Å². The second-order valence-electron chi connectivity index (χ2n) is 4.34. The van der Waals surface area contributed by atoms with Gasteiger partial charge in [0.15, 0.2) is 0 Å². The van der Waals surface area contributed by atoms with Crippen LogP contribution in [0.4, 0.5) is 0 Å². The van der Waals surface area contributed by atoms with Crippen molar-refractivity contribution in [3.63, 3.8) is 0 Å². The van der Waals surface area contributed by atoms with Gasteiger partial charge in [-0.05, 0) is 10.9 Å². The Hall–Kier alpha value is -2.17. The first kappa shape index (κ1) is 11.9. The molecule has 0 saturated carbocycles. The van der Waals surface area contributed by atoms with Crippen molar-refractivity contribution in [2.75, 3.05) is 0 Å². The molecule has 19 heavy (non-hydrogen) atoms. The molecule has 1 heterocycles. The standard InChI is InChI=1S/C15H12BNO2/c18-16(19)15-13-9-5-4-8-12(13)14(10-17-15)11-6-2-1-3-7-11/h1-10,18-19H. The Kier molecular flexibility index (Phi) is 3.03. The van der Waals surface area contributed by atoms with Gasteiger partial charge in [-0.1, -0.05) is 54.6 Å². The zero-order valence-corrected chi connectivity index (χ0v) is 10.2. The van der Waals surface area contributed by atoms with E-state index in [4.69, 9.17) is 0 Å². The molecule has 0 fully saturated rings. The summed E-state index contributed by atoms with van der Waals surface area (Å²) >= 11 is 0. The van der Waals surface area contributed by atoms with Gasteiger partial charge in [0.2, 0.25) is 0 Å². The molecular weight excluding hydrogens is 237 g/mol. The minimum Gasteiger partial charge on any atom is -0.422 e. The maximum Gasteiger partial charge on any atom is 0.508 e. The lowest BCUT2D eigenvalue weighted by atomic mass is 9.81. The van der Waals surface area contributed by atoms with Gasteiger partial charge in [-0.15, -0.1) is 0 Å². The van der Waals surface area contributed by atoms with Crippen LogP contribution in [0.25, 0.3) is 21.9 Å². The van der Waals surface area contributed by atoms with Crippen LogP contribution in [-0.4, -0.2) is 22.2 Å². The molecule has 0 aliphatic rings. The highest BCUT2D eigenvalue weighted by atomic mass is 16.4. The molecule has 3 aromatic rings. The highest BCUT2D eigenvalue weighted by Crippen LogP contribution is 2.26. The molecule has 0 bridgehead atoms. The lowest BCUT2D eigenvalue weighted by Gasteiger charge is -2.10. The molecule has 4 heteroatoms. The number of pyridine rings is 1. The molecule has 2 N–H and O–H groups in total. The van der Waals surface area contributed by atoms with Gasteiger partial charge >= 0.3 is 7.12 Å². The molecule has 92 valence electrons. The molecule has 0 aliphatic carbocycles. The van der Waals surface area contributed by atoms with Crippen molar-refractivity contribution in [2.45, 2.75) is 0 Å². The fourth-order valence-electron chi connectivity index (χ4n) is 2.27. The average molecular weight is 249 g/mol. The molecule has 3 nitrogen and oxygen atoms in total. The van der Waals surface area contributed by atoms with Crippen LogP contribution < -0.4 is 5.59 Å². The maximum atomic E-state index is 9.38. The fraction of sp³-hybridized carbons (Fsp3) is 0. The predicted molar refractivity (Wildman–Crippen MR) is 77.0 cm³/mol. The van der Waals surface area contributed by atoms with Crippen LogP contribution in [0.15, 0.2) is 60.8 Å². The van der Waals surface area contributed by atoms with Gasteiger partial charge in [0.25, 0.3) is 0 Å². The van der Waals surface area contributed by atoms with E-state index in [9.17, 15) is 10.0 Å². The number of aromatic nitrogens is 1. The molecule has 0 spiro atoms. The van der Waals surface area contributed by atoms with E-state index in [2.05, 4.69) is 4.98 Å². The van der Waals surface area contributed by atoms with Crippen LogP contribution in [0, 0.1) is 0 Å². The van der Waals surface area contributed by atoms with E-state index in [-0.39, 0.29) is 5.59 Å². The summed E-state index contributed by atoms with van der Waals surface area (Å²) in [6.45, 7) is 0. The Labute approximate surface area is 111 Å². The smallest absolute Gasteiger partial charge is 0.422 e. The largest absolute Gasteiger partial charge is 0.508 e. The Balaban J connectivity index is 2.31. The van der Waals surface area contributed by atoms with Crippen molar-refractivity contribution in [3.05, 3.63) is 60.8 Å². The zero-order chi connectivity index (χ0) is 13.2. The monoisotopic (exact) mass is 249 g/mol. The van der Waals surface area contributed by atoms with E-state index in [1.807, 2.05) is 54.6 Å². The summed E-state index contributed by atoms with van der Waals surface area (Å²) in [7, 11) is -1.56. The summed E-state index contributed by atoms with van der Waals surface area (Å²) in [5.74, 6) is 0. The van der Waals surface area contributed by atoms with Crippen LogP contribution in [-0.2, 0) is 0 Å². The highest BCUT2D eigenvalue weighted by Gasteiger charge is 2.18. The Morgan fingerprint density at radius 2 is 1.42 bits per heavy atom. The number of rotatable bonds is 2. The van der Waals surface area contributed by atoms with E-state index in [1.165, 1.54) is 0 Å². The van der Waals surface area contributed by atoms with Gasteiger partial charge < -0.3 is 10.0 Å². The summed E-state index contributed by atoms with van der Waals surface area (Å²) in [5.41, 5.74) is 2.33. The third-order valence-electron chi connectivity index (χ3n) is 3.16. The van der Waals surface area contributed by atoms with Crippen LogP contribution in [0.3, 0.4) is 0 Å². The highest BCUT2D eigenvalue weighted by molar-refractivity contribution is 6.61. The van der Waals surface area contributed by atoms with Crippen molar-refractivity contribution in [3.8, 4) is 11.1 Å². The minimum atomic E-state index is -1.56. The third kappa shape index (κ3) is 2.12. The van der Waals surface area contributed by atoms with E-state index >= 15 is 0 Å². The maximum absolute atomic E-state index is 9.38. The van der Waals surface area contributed by atoms with E-state index < -0.39 is 7.12 Å². The summed E-state index contributed by atoms with van der Waals surface area (Å²) in [4.78, 5) is 4.18. The van der Waals surface area contributed by atoms with E-state index in [0.29, 0.717) is 0 Å². The topological polar surface area (TPSA) is 53.4 Å². The van der Waals surface area contributed by atoms with Crippen molar-refractivity contribution in [1.82, 2.24) is 4.98 Å². The molecule has 0 amide bonds. The number of hydrogen-bond donors (Lipinski definition) is 2. The van der Waals surface area contributed by atoms with Gasteiger partial charge in [-0.2, -0.15) is 0 Å². The Morgan fingerprint density at radius 1 is 0.789 bits per heavy atom. The van der Waals surface area contributed by atoms with Crippen molar-refractivity contribution >= 4 is 23.5 Å². The summed E-state index contributed by atoms with van der Waals surface area (Å²) in [6, 6.07) is 17.5. The number of benzene rings is 2. The van der Waals surface area contributed by atoms with Gasteiger partial charge in [-0.3, -0.25) is 4.98 Å². The molecule has 0 radical (unpaired) electrons. The SMILES string of the molecule is OB(O)c1ncc(-c2ccccc2)c2ccccc12. The zero-order valence-electron chi connectivity index (χ0n) is 10.2. The molecule has 0 aliphatic heterocycles. The summed E-state index contributed by atoms with van der Waals surface area (Å²) < 4.78 is 0. The lowest BCUT2D eigenvalue weighted by Crippen LogP contribution is -2.33. The first-order valence-corrected chi connectivity index (χ1v) is 6.06. The predicted octanol–water partition coefficient (Wildman–Crippen LogP) is 1.58. The minimum absolute atomic E-state index is 0.287. The first-order valence-electron chi connectivity index (χ1n) is 6.06. The summed E-state index contributed by atoms with van der Waals surface area (Å²) in [5, 5.41) is 20.5. The molecule has 1 aromatic heterocycles. The first-order chi connectivity index (χ1) is 9.27. The second kappa shape index (κ2) is 4.84. The van der Waals surface area contributed by atoms with Crippen molar-refractivity contribution in [1.29, 1.82) is 0 Å². The summed E-state index contributed by atoms with van der Waals surface area (Å²) in [6.07, 6.45) is 1.69. The van der Waals surface area contributed by atoms with Crippen LogP contribution in [0.5, 0.6) is 0 Å². The van der Waals surface area contributed by atoms with Crippen LogP contribution in [0.1, 0.15) is 0 Å². The number of hydrogen-bond acceptors (Lipinski definition) is 3. The molecule has 0 saturated heterocycles. The van der Waals surface area contributed by atoms with Gasteiger partial charge in [0.1, 0.15) is 0 Å². The Bertz CT molecular complexity index is 714. The molecule has 0 atom stereocenters. The van der Waals surface area contributed by atoms with E-state index in [0.717, 1.165) is 21.9 Å². The van der Waals surface area contributed by atoms with Gasteiger partial charge in [0.05, 0.1) is 5.59 Å². The number of nitrogens with zero attached hydrogens (tertiary/aromatic N) is 1. The lowest BCUT2D eigenvalue weighted by molar-refractivity contribution is 0.425. The van der Waals surface area contributed by atoms with Gasteiger partial charge in [-0.25, -0.2) is 0 Å². The fourth-order valence-corrected chi connectivity index (χ4v) is 2.27. The number of fused-ring (bicyclic) bond motifs is 1. The molecule has 0 unspecified atom stereocenters. The Morgan fingerprint density at radius 3 is 2.11 bits per heavy atom. The normalized spacial score (nSPS) is 10.6. The van der Waals surface area contributed by atoms with Crippen LogP contribution in [0.2, 0.25) is 0 Å². The molecular formula is C15H12BNO2. The van der Waals surface area contributed by atoms with E-state index in [1.54, 1.807) is 6.20 Å². The third-order valence-corrected chi connectivity index (χ3v) is 3.16. The quantitative estimate of drug-likeness (QED) is 0.678. The molecule has 2 aromatic carbocycles. The van der Waals surface area contributed by atoms with Crippen LogP contribution >= 0.6 is 0 Å². The molecule has 3 rings (SSSR count).